The van der Waals surface area contributed by atoms with E-state index in [1.54, 1.807) is 0 Å². The second-order valence-corrected chi connectivity index (χ2v) is 5.75. The number of β-amino-alcohol motifs (C(OH)–C–C–N with tert-alkyl or cyclic N) is 1. The van der Waals surface area contributed by atoms with Crippen LogP contribution >= 0.6 is 0 Å². The van der Waals surface area contributed by atoms with Gasteiger partial charge in [0, 0.05) is 32.0 Å². The maximum absolute atomic E-state index is 12.2. The number of nitrogens with one attached hydrogen (secondary N) is 2. The van der Waals surface area contributed by atoms with Gasteiger partial charge in [0.1, 0.15) is 12.4 Å². The number of imidazole rings is 1. The Kier molecular flexibility index (Phi) is 4.40. The quantitative estimate of drug-likeness (QED) is 0.742. The first-order valence-electron chi connectivity index (χ1n) is 7.78. The van der Waals surface area contributed by atoms with Crippen molar-refractivity contribution >= 4 is 16.9 Å². The van der Waals surface area contributed by atoms with Crippen LogP contribution in [0.3, 0.4) is 0 Å². The van der Waals surface area contributed by atoms with Crippen molar-refractivity contribution in [1.29, 1.82) is 0 Å². The summed E-state index contributed by atoms with van der Waals surface area (Å²) >= 11 is 0. The van der Waals surface area contributed by atoms with Crippen molar-refractivity contribution in [2.75, 3.05) is 19.6 Å². The number of rotatable bonds is 5. The molecule has 118 valence electrons. The van der Waals surface area contributed by atoms with Crippen LogP contribution in [-0.2, 0) is 17.8 Å². The lowest BCUT2D eigenvalue weighted by molar-refractivity contribution is -0.121. The molecule has 3 rings (SSSR count). The number of para-hydroxylation sites is 2. The van der Waals surface area contributed by atoms with E-state index in [4.69, 9.17) is 0 Å². The molecule has 2 aromatic rings. The van der Waals surface area contributed by atoms with Crippen molar-refractivity contribution in [3.8, 4) is 0 Å². The number of amides is 1. The molecule has 1 amide bonds. The Labute approximate surface area is 129 Å². The van der Waals surface area contributed by atoms with Crippen LogP contribution in [0.1, 0.15) is 12.7 Å². The number of aliphatic hydroxyl groups is 1. The molecule has 1 fully saturated rings. The minimum atomic E-state index is -0.374. The largest absolute Gasteiger partial charge is 0.391 e. The highest BCUT2D eigenvalue weighted by Gasteiger charge is 2.25. The summed E-state index contributed by atoms with van der Waals surface area (Å²) in [5.41, 5.74) is 1.90. The fourth-order valence-electron chi connectivity index (χ4n) is 2.94. The van der Waals surface area contributed by atoms with E-state index in [1.165, 1.54) is 0 Å². The number of fused-ring (bicyclic) bond motifs is 1. The SMILES string of the molecule is CCc1nc2ccccc2n1CC(=O)NC[C@H]1CNC[C@H]1O. The van der Waals surface area contributed by atoms with Crippen LogP contribution in [0.25, 0.3) is 11.0 Å². The zero-order valence-electron chi connectivity index (χ0n) is 12.7. The summed E-state index contributed by atoms with van der Waals surface area (Å²) in [4.78, 5) is 16.8. The second-order valence-electron chi connectivity index (χ2n) is 5.75. The molecule has 3 N–H and O–H groups in total. The Balaban J connectivity index is 1.68. The standard InChI is InChI=1S/C16H22N4O2/c1-2-15-19-12-5-3-4-6-13(12)20(15)10-16(22)18-8-11-7-17-9-14(11)21/h3-6,11,14,17,21H,2,7-10H2,1H3,(H,18,22)/t11-,14-/m1/s1. The Morgan fingerprint density at radius 3 is 3.00 bits per heavy atom. The van der Waals surface area contributed by atoms with Gasteiger partial charge in [-0.15, -0.1) is 0 Å². The predicted molar refractivity (Wildman–Crippen MR) is 84.5 cm³/mol. The number of benzene rings is 1. The molecule has 1 aliphatic heterocycles. The topological polar surface area (TPSA) is 79.2 Å². The maximum atomic E-state index is 12.2. The lowest BCUT2D eigenvalue weighted by atomic mass is 10.1. The third-order valence-electron chi connectivity index (χ3n) is 4.22. The molecule has 0 spiro atoms. The van der Waals surface area contributed by atoms with E-state index in [1.807, 2.05) is 35.8 Å². The van der Waals surface area contributed by atoms with Gasteiger partial charge in [-0.2, -0.15) is 0 Å². The van der Waals surface area contributed by atoms with E-state index in [2.05, 4.69) is 15.6 Å². The van der Waals surface area contributed by atoms with Crippen molar-refractivity contribution in [1.82, 2.24) is 20.2 Å². The van der Waals surface area contributed by atoms with Crippen molar-refractivity contribution < 1.29 is 9.90 Å². The molecule has 2 heterocycles. The number of hydrogen-bond acceptors (Lipinski definition) is 4. The minimum Gasteiger partial charge on any atom is -0.391 e. The molecule has 22 heavy (non-hydrogen) atoms. The van der Waals surface area contributed by atoms with E-state index in [0.29, 0.717) is 13.1 Å². The van der Waals surface area contributed by atoms with E-state index in [-0.39, 0.29) is 24.5 Å². The van der Waals surface area contributed by atoms with Gasteiger partial charge in [-0.1, -0.05) is 19.1 Å². The zero-order valence-corrected chi connectivity index (χ0v) is 12.7. The molecule has 1 aromatic heterocycles. The first kappa shape index (κ1) is 15.0. The van der Waals surface area contributed by atoms with Gasteiger partial charge in [-0.3, -0.25) is 4.79 Å². The number of aryl methyl sites for hydroxylation is 1. The van der Waals surface area contributed by atoms with Gasteiger partial charge in [0.25, 0.3) is 0 Å². The van der Waals surface area contributed by atoms with Gasteiger partial charge >= 0.3 is 0 Å². The fraction of sp³-hybridized carbons (Fsp3) is 0.500. The van der Waals surface area contributed by atoms with E-state index in [0.717, 1.165) is 29.8 Å². The van der Waals surface area contributed by atoms with Gasteiger partial charge in [0.05, 0.1) is 17.1 Å². The minimum absolute atomic E-state index is 0.0445. The van der Waals surface area contributed by atoms with Crippen molar-refractivity contribution in [2.24, 2.45) is 5.92 Å². The van der Waals surface area contributed by atoms with Crippen molar-refractivity contribution in [2.45, 2.75) is 26.0 Å². The van der Waals surface area contributed by atoms with E-state index >= 15 is 0 Å². The molecule has 6 heteroatoms. The number of aliphatic hydroxyl groups excluding tert-OH is 1. The molecule has 0 bridgehead atoms. The summed E-state index contributed by atoms with van der Waals surface area (Å²) in [5, 5.41) is 15.8. The van der Waals surface area contributed by atoms with Gasteiger partial charge in [0.2, 0.25) is 5.91 Å². The van der Waals surface area contributed by atoms with Gasteiger partial charge in [-0.25, -0.2) is 4.98 Å². The summed E-state index contributed by atoms with van der Waals surface area (Å²) in [5.74, 6) is 0.963. The summed E-state index contributed by atoms with van der Waals surface area (Å²) < 4.78 is 1.97. The second kappa shape index (κ2) is 6.46. The van der Waals surface area contributed by atoms with Crippen LogP contribution in [0.15, 0.2) is 24.3 Å². The van der Waals surface area contributed by atoms with Crippen LogP contribution in [-0.4, -0.2) is 46.3 Å². The summed E-state index contributed by atoms with van der Waals surface area (Å²) in [6, 6.07) is 7.86. The molecule has 0 aliphatic carbocycles. The van der Waals surface area contributed by atoms with Crippen molar-refractivity contribution in [3.05, 3.63) is 30.1 Å². The van der Waals surface area contributed by atoms with Crippen LogP contribution in [0.5, 0.6) is 0 Å². The van der Waals surface area contributed by atoms with Gasteiger partial charge in [0.15, 0.2) is 0 Å². The highest BCUT2D eigenvalue weighted by Crippen LogP contribution is 2.16. The Morgan fingerprint density at radius 1 is 1.45 bits per heavy atom. The lowest BCUT2D eigenvalue weighted by Crippen LogP contribution is -2.36. The summed E-state index contributed by atoms with van der Waals surface area (Å²) in [7, 11) is 0. The molecule has 6 nitrogen and oxygen atoms in total. The monoisotopic (exact) mass is 302 g/mol. The molecular weight excluding hydrogens is 280 g/mol. The smallest absolute Gasteiger partial charge is 0.240 e. The van der Waals surface area contributed by atoms with Gasteiger partial charge in [-0.05, 0) is 12.1 Å². The highest BCUT2D eigenvalue weighted by molar-refractivity contribution is 5.81. The predicted octanol–water partition coefficient (Wildman–Crippen LogP) is 0.295. The molecule has 1 aliphatic rings. The molecule has 0 radical (unpaired) electrons. The Bertz CT molecular complexity index is 667. The Hall–Kier alpha value is -1.92. The number of carbonyl (C=O) groups is 1. The zero-order chi connectivity index (χ0) is 15.5. The molecule has 1 saturated heterocycles. The van der Waals surface area contributed by atoms with E-state index in [9.17, 15) is 9.90 Å². The normalized spacial score (nSPS) is 21.4. The van der Waals surface area contributed by atoms with Crippen LogP contribution in [0.2, 0.25) is 0 Å². The molecule has 0 unspecified atom stereocenters. The number of hydrogen-bond donors (Lipinski definition) is 3. The lowest BCUT2D eigenvalue weighted by Gasteiger charge is -2.15. The Morgan fingerprint density at radius 2 is 2.27 bits per heavy atom. The summed E-state index contributed by atoms with van der Waals surface area (Å²) in [6.45, 7) is 4.15. The first-order valence-corrected chi connectivity index (χ1v) is 7.78. The van der Waals surface area contributed by atoms with E-state index < -0.39 is 0 Å². The van der Waals surface area contributed by atoms with Crippen LogP contribution < -0.4 is 10.6 Å². The molecular formula is C16H22N4O2. The highest BCUT2D eigenvalue weighted by atomic mass is 16.3. The summed E-state index contributed by atoms with van der Waals surface area (Å²) in [6.07, 6.45) is 0.410. The maximum Gasteiger partial charge on any atom is 0.240 e. The number of nitrogens with zero attached hydrogens (tertiary/aromatic N) is 2. The van der Waals surface area contributed by atoms with Gasteiger partial charge < -0.3 is 20.3 Å². The average molecular weight is 302 g/mol. The fourth-order valence-corrected chi connectivity index (χ4v) is 2.94. The number of aromatic nitrogens is 2. The van der Waals surface area contributed by atoms with Crippen LogP contribution in [0.4, 0.5) is 0 Å². The third kappa shape index (κ3) is 2.98. The van der Waals surface area contributed by atoms with Crippen LogP contribution in [0, 0.1) is 5.92 Å². The average Bonchev–Trinajstić information content (AvgIpc) is 3.09. The number of carbonyl (C=O) groups excluding carboxylic acids is 1. The first-order chi connectivity index (χ1) is 10.7. The third-order valence-corrected chi connectivity index (χ3v) is 4.22. The van der Waals surface area contributed by atoms with Crippen molar-refractivity contribution in [3.63, 3.8) is 0 Å². The molecule has 0 saturated carbocycles. The molecule has 2 atom stereocenters. The molecule has 1 aromatic carbocycles.